The molecule has 0 aliphatic carbocycles. The van der Waals surface area contributed by atoms with Crippen LogP contribution < -0.4 is 20.9 Å². The average Bonchev–Trinajstić information content (AvgIpc) is 3.36. The number of nitrogen functional groups attached to an aromatic ring is 2. The Morgan fingerprint density at radius 2 is 1.98 bits per heavy atom. The molecule has 2 aromatic carbocycles. The summed E-state index contributed by atoms with van der Waals surface area (Å²) in [4.78, 5) is 23.9. The van der Waals surface area contributed by atoms with Crippen LogP contribution in [0.4, 0.5) is 11.8 Å². The number of benzene rings is 2. The van der Waals surface area contributed by atoms with Crippen LogP contribution in [-0.4, -0.2) is 56.3 Å². The first-order valence-electron chi connectivity index (χ1n) is 13.1. The van der Waals surface area contributed by atoms with Crippen LogP contribution in [0.1, 0.15) is 50.0 Å². The Kier molecular flexibility index (Phi) is 7.88. The van der Waals surface area contributed by atoms with Crippen molar-refractivity contribution in [1.29, 1.82) is 0 Å². The fourth-order valence-corrected chi connectivity index (χ4v) is 5.30. The normalized spacial score (nSPS) is 14.7. The van der Waals surface area contributed by atoms with Gasteiger partial charge in [0.25, 0.3) is 0 Å². The molecule has 1 aliphatic heterocycles. The summed E-state index contributed by atoms with van der Waals surface area (Å²) in [7, 11) is 4.89. The molecule has 1 atom stereocenters. The van der Waals surface area contributed by atoms with Crippen molar-refractivity contribution >= 4 is 17.5 Å². The molecular weight excluding hydrogens is 522 g/mol. The number of hydrogen-bond acceptors (Lipinski definition) is 10. The number of hydrogen-bond donors (Lipinski definition) is 3. The molecule has 0 bridgehead atoms. The van der Waals surface area contributed by atoms with Crippen molar-refractivity contribution in [1.82, 2.24) is 24.6 Å². The van der Waals surface area contributed by atoms with Crippen LogP contribution in [0.3, 0.4) is 0 Å². The molecular formula is C30H33N7O4. The zero-order valence-corrected chi connectivity index (χ0v) is 23.2. The second-order valence-corrected chi connectivity index (χ2v) is 9.81. The minimum atomic E-state index is -0.248. The Labute approximate surface area is 238 Å². The summed E-state index contributed by atoms with van der Waals surface area (Å²) in [6, 6.07) is 13.5. The van der Waals surface area contributed by atoms with Crippen molar-refractivity contribution in [2.45, 2.75) is 25.5 Å². The van der Waals surface area contributed by atoms with E-state index in [2.05, 4.69) is 32.1 Å². The molecule has 2 aromatic heterocycles. The minimum Gasteiger partial charge on any atom is -0.493 e. The molecule has 0 fully saturated rings. The van der Waals surface area contributed by atoms with Crippen molar-refractivity contribution < 1.29 is 19.4 Å². The molecule has 5 rings (SSSR count). The summed E-state index contributed by atoms with van der Waals surface area (Å²) in [5.41, 5.74) is 17.4. The highest BCUT2D eigenvalue weighted by molar-refractivity contribution is 6.07. The Hall–Kier alpha value is -4.90. The highest BCUT2D eigenvalue weighted by Gasteiger charge is 2.30. The molecule has 0 radical (unpaired) electrons. The molecule has 11 nitrogen and oxygen atoms in total. The zero-order valence-electron chi connectivity index (χ0n) is 23.2. The molecule has 1 aliphatic rings. The summed E-state index contributed by atoms with van der Waals surface area (Å²) < 4.78 is 12.9. The lowest BCUT2D eigenvalue weighted by Crippen LogP contribution is -2.33. The maximum Gasteiger partial charge on any atom is 0.221 e. The number of aryl methyl sites for hydroxylation is 1. The molecule has 0 spiro atoms. The maximum atomic E-state index is 13.7. The summed E-state index contributed by atoms with van der Waals surface area (Å²) >= 11 is 0. The van der Waals surface area contributed by atoms with Crippen LogP contribution in [0.5, 0.6) is 11.5 Å². The predicted molar refractivity (Wildman–Crippen MR) is 155 cm³/mol. The van der Waals surface area contributed by atoms with E-state index >= 15 is 0 Å². The quantitative estimate of drug-likeness (QED) is 0.207. The van der Waals surface area contributed by atoms with Gasteiger partial charge in [-0.1, -0.05) is 24.3 Å². The van der Waals surface area contributed by atoms with Crippen LogP contribution in [0.25, 0.3) is 0 Å². The number of rotatable bonds is 9. The lowest BCUT2D eigenvalue weighted by atomic mass is 9.90. The van der Waals surface area contributed by atoms with Gasteiger partial charge in [0.2, 0.25) is 5.95 Å². The second-order valence-electron chi connectivity index (χ2n) is 9.81. The Balaban J connectivity index is 1.49. The van der Waals surface area contributed by atoms with Crippen LogP contribution in [-0.2, 0) is 26.5 Å². The predicted octanol–water partition coefficient (Wildman–Crippen LogP) is 2.82. The SMILES string of the molecule is COc1cc(Cc2cnc(N)nc2N)cc(C(=O)/C=C/N2CCc3ccccc3C2c2cc(CO)nn2C)c1OC. The first-order valence-corrected chi connectivity index (χ1v) is 13.1. The van der Waals surface area contributed by atoms with Gasteiger partial charge in [0.15, 0.2) is 17.3 Å². The number of methoxy groups -OCH3 is 2. The lowest BCUT2D eigenvalue weighted by molar-refractivity contribution is 0.104. The third-order valence-corrected chi connectivity index (χ3v) is 7.26. The van der Waals surface area contributed by atoms with Crippen molar-refractivity contribution in [3.8, 4) is 11.5 Å². The molecule has 4 aromatic rings. The number of carbonyl (C=O) groups is 1. The molecule has 3 heterocycles. The number of aliphatic hydroxyl groups excluding tert-OH is 1. The van der Waals surface area contributed by atoms with Crippen molar-refractivity contribution in [3.63, 3.8) is 0 Å². The third kappa shape index (κ3) is 5.57. The summed E-state index contributed by atoms with van der Waals surface area (Å²) in [5, 5.41) is 14.1. The number of aliphatic hydroxyl groups is 1. The molecule has 212 valence electrons. The van der Waals surface area contributed by atoms with Gasteiger partial charge < -0.3 is 30.9 Å². The molecule has 1 unspecified atom stereocenters. The van der Waals surface area contributed by atoms with E-state index in [1.807, 2.05) is 31.4 Å². The van der Waals surface area contributed by atoms with Crippen LogP contribution in [0.2, 0.25) is 0 Å². The van der Waals surface area contributed by atoms with Gasteiger partial charge in [-0.25, -0.2) is 4.98 Å². The number of ether oxygens (including phenoxy) is 2. The van der Waals surface area contributed by atoms with E-state index in [1.165, 1.54) is 19.8 Å². The Bertz CT molecular complexity index is 1610. The number of ketones is 1. The fraction of sp³-hybridized carbons (Fsp3) is 0.267. The summed E-state index contributed by atoms with van der Waals surface area (Å²) in [6.45, 7) is 0.546. The van der Waals surface area contributed by atoms with Gasteiger partial charge in [0, 0.05) is 44.0 Å². The number of allylic oxidation sites excluding steroid dienone is 1. The van der Waals surface area contributed by atoms with Crippen LogP contribution in [0.15, 0.2) is 60.9 Å². The number of nitrogens with two attached hydrogens (primary N) is 2. The average molecular weight is 556 g/mol. The topological polar surface area (TPSA) is 155 Å². The molecule has 0 saturated carbocycles. The van der Waals surface area contributed by atoms with Crippen LogP contribution >= 0.6 is 0 Å². The number of aromatic nitrogens is 4. The van der Waals surface area contributed by atoms with E-state index in [4.69, 9.17) is 20.9 Å². The zero-order chi connectivity index (χ0) is 29.1. The van der Waals surface area contributed by atoms with E-state index in [-0.39, 0.29) is 30.2 Å². The highest BCUT2D eigenvalue weighted by Crippen LogP contribution is 2.37. The van der Waals surface area contributed by atoms with Crippen molar-refractivity contribution in [3.05, 3.63) is 100 Å². The minimum absolute atomic E-state index is 0.0944. The molecule has 11 heteroatoms. The summed E-state index contributed by atoms with van der Waals surface area (Å²) in [6.07, 6.45) is 6.14. The van der Waals surface area contributed by atoms with E-state index in [0.29, 0.717) is 41.3 Å². The second kappa shape index (κ2) is 11.7. The maximum absolute atomic E-state index is 13.7. The molecule has 41 heavy (non-hydrogen) atoms. The van der Waals surface area contributed by atoms with Gasteiger partial charge in [-0.15, -0.1) is 0 Å². The fourth-order valence-electron chi connectivity index (χ4n) is 5.30. The van der Waals surface area contributed by atoms with E-state index in [1.54, 1.807) is 29.1 Å². The van der Waals surface area contributed by atoms with Crippen molar-refractivity contribution in [2.24, 2.45) is 7.05 Å². The Morgan fingerprint density at radius 3 is 2.68 bits per heavy atom. The van der Waals surface area contributed by atoms with Gasteiger partial charge >= 0.3 is 0 Å². The standard InChI is InChI=1S/C30H33N7O4/c1-36-24(15-21(17-38)35-36)27-22-7-5-4-6-19(22)8-10-37(27)11-9-25(39)23-13-18(14-26(40-2)28(23)41-3)12-20-16-33-30(32)34-29(20)31/h4-7,9,11,13-16,27,38H,8,10,12,17H2,1-3H3,(H4,31,32,33,34)/b11-9+. The van der Waals surface area contributed by atoms with Gasteiger partial charge in [0.05, 0.1) is 43.8 Å². The number of carbonyl (C=O) groups excluding carboxylic acids is 1. The van der Waals surface area contributed by atoms with E-state index in [0.717, 1.165) is 23.2 Å². The largest absolute Gasteiger partial charge is 0.493 e. The molecule has 5 N–H and O–H groups in total. The third-order valence-electron chi connectivity index (χ3n) is 7.26. The molecule has 0 amide bonds. The van der Waals surface area contributed by atoms with Gasteiger partial charge in [-0.05, 0) is 41.3 Å². The number of anilines is 2. The summed E-state index contributed by atoms with van der Waals surface area (Å²) in [5.74, 6) is 0.884. The highest BCUT2D eigenvalue weighted by atomic mass is 16.5. The van der Waals surface area contributed by atoms with Crippen molar-refractivity contribution in [2.75, 3.05) is 32.2 Å². The van der Waals surface area contributed by atoms with Gasteiger partial charge in [0.1, 0.15) is 5.82 Å². The molecule has 0 saturated heterocycles. The smallest absolute Gasteiger partial charge is 0.221 e. The number of nitrogens with zero attached hydrogens (tertiary/aromatic N) is 5. The lowest BCUT2D eigenvalue weighted by Gasteiger charge is -2.36. The number of fused-ring (bicyclic) bond motifs is 1. The van der Waals surface area contributed by atoms with Gasteiger partial charge in [-0.2, -0.15) is 10.1 Å². The first-order chi connectivity index (χ1) is 19.8. The monoisotopic (exact) mass is 555 g/mol. The van der Waals surface area contributed by atoms with Gasteiger partial charge in [-0.3, -0.25) is 9.48 Å². The van der Waals surface area contributed by atoms with E-state index in [9.17, 15) is 9.90 Å². The Morgan fingerprint density at radius 1 is 1.17 bits per heavy atom. The van der Waals surface area contributed by atoms with Crippen LogP contribution in [0, 0.1) is 0 Å². The van der Waals surface area contributed by atoms with E-state index < -0.39 is 0 Å². The first kappa shape index (κ1) is 27.7.